The van der Waals surface area contributed by atoms with Crippen LogP contribution in [-0.2, 0) is 0 Å². The van der Waals surface area contributed by atoms with Gasteiger partial charge in [-0.15, -0.1) is 0 Å². The van der Waals surface area contributed by atoms with E-state index in [1.54, 1.807) is 0 Å². The number of aromatic nitrogens is 1. The van der Waals surface area contributed by atoms with Gasteiger partial charge in [0.15, 0.2) is 6.29 Å². The summed E-state index contributed by atoms with van der Waals surface area (Å²) in [7, 11) is -1.86. The lowest BCUT2D eigenvalue weighted by atomic mass is 9.78. The second-order valence-electron chi connectivity index (χ2n) is 2.10. The Kier molecular flexibility index (Phi) is 2.52. The van der Waals surface area contributed by atoms with Gasteiger partial charge in [-0.25, -0.2) is 4.98 Å². The van der Waals surface area contributed by atoms with Crippen LogP contribution in [0.3, 0.4) is 0 Å². The largest absolute Gasteiger partial charge is 0.489 e. The van der Waals surface area contributed by atoms with Crippen LogP contribution >= 0.6 is 0 Å². The highest BCUT2D eigenvalue weighted by Gasteiger charge is 2.18. The van der Waals surface area contributed by atoms with Crippen molar-refractivity contribution in [1.82, 2.24) is 4.98 Å². The molecule has 4 nitrogen and oxygen atoms in total. The van der Waals surface area contributed by atoms with Gasteiger partial charge in [0, 0.05) is 6.20 Å². The molecule has 0 fully saturated rings. The van der Waals surface area contributed by atoms with Gasteiger partial charge in [0.05, 0.1) is 5.56 Å². The van der Waals surface area contributed by atoms with Crippen molar-refractivity contribution in [3.05, 3.63) is 23.8 Å². The summed E-state index contributed by atoms with van der Waals surface area (Å²) in [6.07, 6.45) is 1.24. The molecule has 2 N–H and O–H groups in total. The molecular formula is C6H5BFNO3. The fourth-order valence-corrected chi connectivity index (χ4v) is 0.803. The number of nitrogens with zero attached hydrogens (tertiary/aromatic N) is 1. The number of pyridine rings is 1. The van der Waals surface area contributed by atoms with E-state index in [0.29, 0.717) is 0 Å². The molecule has 0 atom stereocenters. The maximum absolute atomic E-state index is 12.6. The van der Waals surface area contributed by atoms with E-state index in [1.807, 2.05) is 0 Å². The van der Waals surface area contributed by atoms with Crippen LogP contribution in [-0.4, -0.2) is 28.4 Å². The van der Waals surface area contributed by atoms with Crippen LogP contribution in [0.1, 0.15) is 10.4 Å². The summed E-state index contributed by atoms with van der Waals surface area (Å²) in [4.78, 5) is 13.4. The average molecular weight is 169 g/mol. The zero-order valence-electron chi connectivity index (χ0n) is 5.94. The van der Waals surface area contributed by atoms with Crippen molar-refractivity contribution in [2.24, 2.45) is 0 Å². The van der Waals surface area contributed by atoms with Crippen molar-refractivity contribution < 1.29 is 19.2 Å². The Morgan fingerprint density at radius 3 is 2.67 bits per heavy atom. The van der Waals surface area contributed by atoms with Crippen molar-refractivity contribution in [2.75, 3.05) is 0 Å². The van der Waals surface area contributed by atoms with Crippen molar-refractivity contribution in [2.45, 2.75) is 0 Å². The Bertz CT molecular complexity index is 305. The maximum atomic E-state index is 12.6. The first-order chi connectivity index (χ1) is 5.66. The fraction of sp³-hybridized carbons (Fsp3) is 0. The van der Waals surface area contributed by atoms with Crippen molar-refractivity contribution >= 4 is 18.9 Å². The third-order valence-corrected chi connectivity index (χ3v) is 1.37. The Balaban J connectivity index is 3.27. The monoisotopic (exact) mass is 169 g/mol. The molecule has 0 aromatic carbocycles. The first-order valence-corrected chi connectivity index (χ1v) is 3.12. The molecule has 0 spiro atoms. The fourth-order valence-electron chi connectivity index (χ4n) is 0.803. The molecular weight excluding hydrogens is 164 g/mol. The average Bonchev–Trinajstić information content (AvgIpc) is 2.03. The summed E-state index contributed by atoms with van der Waals surface area (Å²) in [6.45, 7) is 0. The van der Waals surface area contributed by atoms with Gasteiger partial charge >= 0.3 is 7.12 Å². The molecule has 0 aliphatic rings. The van der Waals surface area contributed by atoms with Crippen LogP contribution in [0.25, 0.3) is 0 Å². The maximum Gasteiger partial charge on any atom is 0.489 e. The molecule has 6 heteroatoms. The van der Waals surface area contributed by atoms with Gasteiger partial charge in [-0.3, -0.25) is 4.79 Å². The van der Waals surface area contributed by atoms with Crippen LogP contribution < -0.4 is 5.46 Å². The lowest BCUT2D eigenvalue weighted by Gasteiger charge is -2.01. The number of hydrogen-bond acceptors (Lipinski definition) is 4. The van der Waals surface area contributed by atoms with Crippen molar-refractivity contribution in [1.29, 1.82) is 0 Å². The zero-order chi connectivity index (χ0) is 9.14. The van der Waals surface area contributed by atoms with Crippen molar-refractivity contribution in [3.63, 3.8) is 0 Å². The highest BCUT2D eigenvalue weighted by atomic mass is 19.1. The highest BCUT2D eigenvalue weighted by Crippen LogP contribution is 1.97. The van der Waals surface area contributed by atoms with Crippen LogP contribution in [0.4, 0.5) is 4.39 Å². The Labute approximate surface area is 67.8 Å². The van der Waals surface area contributed by atoms with Gasteiger partial charge in [0.25, 0.3) is 0 Å². The molecule has 0 aliphatic carbocycles. The third-order valence-electron chi connectivity index (χ3n) is 1.37. The lowest BCUT2D eigenvalue weighted by Crippen LogP contribution is -2.34. The summed E-state index contributed by atoms with van der Waals surface area (Å²) in [5.41, 5.74) is -0.606. The van der Waals surface area contributed by atoms with E-state index in [2.05, 4.69) is 4.98 Å². The van der Waals surface area contributed by atoms with Gasteiger partial charge in [-0.05, 0) is 11.5 Å². The minimum Gasteiger partial charge on any atom is -0.423 e. The number of carbonyl (C=O) groups excluding carboxylic acids is 1. The van der Waals surface area contributed by atoms with Crippen LogP contribution in [0.15, 0.2) is 12.3 Å². The molecule has 12 heavy (non-hydrogen) atoms. The smallest absolute Gasteiger partial charge is 0.423 e. The predicted molar refractivity (Wildman–Crippen MR) is 39.4 cm³/mol. The first-order valence-electron chi connectivity index (χ1n) is 3.12. The molecule has 0 unspecified atom stereocenters. The first kappa shape index (κ1) is 8.83. The molecule has 0 saturated heterocycles. The van der Waals surface area contributed by atoms with E-state index in [0.717, 1.165) is 12.3 Å². The summed E-state index contributed by atoms with van der Waals surface area (Å²) >= 11 is 0. The second-order valence-corrected chi connectivity index (χ2v) is 2.10. The molecule has 0 aliphatic heterocycles. The van der Waals surface area contributed by atoms with Crippen LogP contribution in [0.5, 0.6) is 0 Å². The number of halogens is 1. The minimum atomic E-state index is -1.86. The number of rotatable bonds is 2. The molecule has 1 heterocycles. The SMILES string of the molecule is O=Cc1c(B(O)O)ccnc1F. The molecule has 0 amide bonds. The van der Waals surface area contributed by atoms with Crippen LogP contribution in [0.2, 0.25) is 0 Å². The predicted octanol–water partition coefficient (Wildman–Crippen LogP) is -1.29. The van der Waals surface area contributed by atoms with E-state index in [9.17, 15) is 9.18 Å². The number of aldehydes is 1. The van der Waals surface area contributed by atoms with Gasteiger partial charge in [0.1, 0.15) is 0 Å². The molecule has 1 rings (SSSR count). The van der Waals surface area contributed by atoms with E-state index in [-0.39, 0.29) is 11.7 Å². The Morgan fingerprint density at radius 2 is 2.25 bits per heavy atom. The summed E-state index contributed by atoms with van der Waals surface area (Å²) in [5, 5.41) is 17.3. The number of hydrogen-bond donors (Lipinski definition) is 2. The zero-order valence-corrected chi connectivity index (χ0v) is 5.94. The highest BCUT2D eigenvalue weighted by molar-refractivity contribution is 6.60. The van der Waals surface area contributed by atoms with Crippen LogP contribution in [0, 0.1) is 5.95 Å². The Hall–Kier alpha value is -1.27. The van der Waals surface area contributed by atoms with Gasteiger partial charge in [0.2, 0.25) is 5.95 Å². The molecule has 0 bridgehead atoms. The normalized spacial score (nSPS) is 9.58. The van der Waals surface area contributed by atoms with E-state index in [4.69, 9.17) is 10.0 Å². The van der Waals surface area contributed by atoms with E-state index in [1.165, 1.54) is 0 Å². The summed E-state index contributed by atoms with van der Waals surface area (Å²) < 4.78 is 12.6. The second kappa shape index (κ2) is 3.42. The third kappa shape index (κ3) is 1.49. The van der Waals surface area contributed by atoms with Gasteiger partial charge in [-0.2, -0.15) is 4.39 Å². The van der Waals surface area contributed by atoms with Gasteiger partial charge < -0.3 is 10.0 Å². The molecule has 0 radical (unpaired) electrons. The molecule has 0 saturated carbocycles. The molecule has 1 aromatic rings. The van der Waals surface area contributed by atoms with Crippen molar-refractivity contribution in [3.8, 4) is 0 Å². The Morgan fingerprint density at radius 1 is 1.58 bits per heavy atom. The lowest BCUT2D eigenvalue weighted by molar-refractivity contribution is 0.111. The standard InChI is InChI=1S/C6H5BFNO3/c8-6-4(3-10)5(7(11)12)1-2-9-6/h1-3,11-12H. The summed E-state index contributed by atoms with van der Waals surface area (Å²) in [5.74, 6) is -1.00. The molecule has 62 valence electrons. The summed E-state index contributed by atoms with van der Waals surface area (Å²) in [6, 6.07) is 1.16. The molecule has 1 aromatic heterocycles. The van der Waals surface area contributed by atoms with Gasteiger partial charge in [-0.1, -0.05) is 0 Å². The number of carbonyl (C=O) groups is 1. The topological polar surface area (TPSA) is 70.4 Å². The quantitative estimate of drug-likeness (QED) is 0.328. The van der Waals surface area contributed by atoms with E-state index >= 15 is 0 Å². The van der Waals surface area contributed by atoms with E-state index < -0.39 is 18.6 Å². The minimum absolute atomic E-state index is 0.183.